The van der Waals surface area contributed by atoms with Crippen LogP contribution in [0.15, 0.2) is 12.1 Å². The molecule has 2 atom stereocenters. The zero-order valence-electron chi connectivity index (χ0n) is 9.42. The Morgan fingerprint density at radius 2 is 2.31 bits per heavy atom. The second-order valence-electron chi connectivity index (χ2n) is 4.72. The van der Waals surface area contributed by atoms with Crippen LogP contribution < -0.4 is 10.1 Å². The lowest BCUT2D eigenvalue weighted by Crippen LogP contribution is -2.31. The molecular weight excluding hydrogens is 222 g/mol. The van der Waals surface area contributed by atoms with Crippen LogP contribution in [0.25, 0.3) is 0 Å². The van der Waals surface area contributed by atoms with Crippen molar-refractivity contribution in [2.45, 2.75) is 25.3 Å². The minimum atomic E-state index is 0.523. The number of methoxy groups -OCH3 is 1. The van der Waals surface area contributed by atoms with Gasteiger partial charge in [0.2, 0.25) is 0 Å². The number of hydrogen-bond donors (Lipinski definition) is 1. The van der Waals surface area contributed by atoms with Crippen LogP contribution in [0.5, 0.6) is 5.75 Å². The summed E-state index contributed by atoms with van der Waals surface area (Å²) in [5, 5.41) is 4.35. The molecule has 86 valence electrons. The van der Waals surface area contributed by atoms with Gasteiger partial charge in [-0.25, -0.2) is 0 Å². The number of nitrogens with one attached hydrogen (secondary N) is 1. The first-order valence-corrected chi connectivity index (χ1v) is 6.27. The molecule has 0 radical (unpaired) electrons. The fourth-order valence-corrected chi connectivity index (χ4v) is 3.32. The number of piperidine rings is 1. The van der Waals surface area contributed by atoms with E-state index in [2.05, 4.69) is 17.4 Å². The van der Waals surface area contributed by atoms with E-state index in [-0.39, 0.29) is 0 Å². The van der Waals surface area contributed by atoms with E-state index in [9.17, 15) is 0 Å². The van der Waals surface area contributed by atoms with E-state index < -0.39 is 0 Å². The smallest absolute Gasteiger partial charge is 0.137 e. The molecule has 0 amide bonds. The number of fused-ring (bicyclic) bond motifs is 3. The summed E-state index contributed by atoms with van der Waals surface area (Å²) in [6.45, 7) is 1.13. The van der Waals surface area contributed by atoms with Gasteiger partial charge in [-0.1, -0.05) is 11.6 Å². The number of halogens is 1. The highest BCUT2D eigenvalue weighted by Crippen LogP contribution is 2.43. The van der Waals surface area contributed by atoms with Gasteiger partial charge in [0.1, 0.15) is 5.75 Å². The maximum absolute atomic E-state index is 6.16. The van der Waals surface area contributed by atoms with Crippen molar-refractivity contribution in [2.24, 2.45) is 5.92 Å². The lowest BCUT2D eigenvalue weighted by molar-refractivity contribution is 0.306. The third kappa shape index (κ3) is 1.52. The molecule has 3 heteroatoms. The van der Waals surface area contributed by atoms with Gasteiger partial charge < -0.3 is 10.1 Å². The summed E-state index contributed by atoms with van der Waals surface area (Å²) < 4.78 is 5.29. The normalized spacial score (nSPS) is 27.4. The van der Waals surface area contributed by atoms with Crippen LogP contribution in [0.1, 0.15) is 30.0 Å². The maximum Gasteiger partial charge on any atom is 0.137 e. The van der Waals surface area contributed by atoms with Crippen LogP contribution in [0.4, 0.5) is 0 Å². The van der Waals surface area contributed by atoms with Crippen molar-refractivity contribution < 1.29 is 4.74 Å². The second-order valence-corrected chi connectivity index (χ2v) is 5.13. The number of benzene rings is 1. The molecule has 1 aliphatic heterocycles. The van der Waals surface area contributed by atoms with Crippen LogP contribution in [0.3, 0.4) is 0 Å². The predicted octanol–water partition coefficient (Wildman–Crippen LogP) is 2.95. The van der Waals surface area contributed by atoms with Crippen molar-refractivity contribution >= 4 is 11.6 Å². The standard InChI is InChI=1S/C13H16ClNO/c1-16-12-7-10-9(6-11(12)14)5-8-3-2-4-15-13(8)10/h6-8,13,15H,2-5H2,1H3. The van der Waals surface area contributed by atoms with Crippen molar-refractivity contribution in [1.82, 2.24) is 5.32 Å². The van der Waals surface area contributed by atoms with E-state index in [0.29, 0.717) is 6.04 Å². The first-order valence-electron chi connectivity index (χ1n) is 5.89. The average Bonchev–Trinajstić information content (AvgIpc) is 2.65. The van der Waals surface area contributed by atoms with Crippen LogP contribution >= 0.6 is 11.6 Å². The molecule has 0 bridgehead atoms. The van der Waals surface area contributed by atoms with Crippen LogP contribution in [-0.4, -0.2) is 13.7 Å². The second kappa shape index (κ2) is 3.94. The van der Waals surface area contributed by atoms with Crippen molar-refractivity contribution in [3.8, 4) is 5.75 Å². The summed E-state index contributed by atoms with van der Waals surface area (Å²) in [7, 11) is 1.67. The molecule has 1 heterocycles. The van der Waals surface area contributed by atoms with Crippen molar-refractivity contribution in [2.75, 3.05) is 13.7 Å². The average molecular weight is 238 g/mol. The minimum absolute atomic E-state index is 0.523. The molecule has 3 rings (SSSR count). The molecule has 0 spiro atoms. The zero-order chi connectivity index (χ0) is 11.1. The first-order chi connectivity index (χ1) is 7.79. The predicted molar refractivity (Wildman–Crippen MR) is 65.2 cm³/mol. The Morgan fingerprint density at radius 3 is 3.12 bits per heavy atom. The molecule has 2 aliphatic rings. The summed E-state index contributed by atoms with van der Waals surface area (Å²) in [6.07, 6.45) is 3.78. The van der Waals surface area contributed by atoms with Gasteiger partial charge in [-0.15, -0.1) is 0 Å². The topological polar surface area (TPSA) is 21.3 Å². The SMILES string of the molecule is COc1cc2c(cc1Cl)CC1CCCNC21. The van der Waals surface area contributed by atoms with Gasteiger partial charge in [-0.3, -0.25) is 0 Å². The molecule has 1 N–H and O–H groups in total. The summed E-state index contributed by atoms with van der Waals surface area (Å²) in [6, 6.07) is 4.71. The molecule has 0 aromatic heterocycles. The van der Waals surface area contributed by atoms with E-state index in [1.54, 1.807) is 7.11 Å². The molecule has 1 aliphatic carbocycles. The molecule has 1 saturated heterocycles. The van der Waals surface area contributed by atoms with E-state index in [1.165, 1.54) is 24.0 Å². The largest absolute Gasteiger partial charge is 0.495 e. The Labute approximate surface area is 101 Å². The molecule has 1 aromatic rings. The third-order valence-corrected chi connectivity index (χ3v) is 4.11. The molecule has 1 aromatic carbocycles. The quantitative estimate of drug-likeness (QED) is 0.811. The number of hydrogen-bond acceptors (Lipinski definition) is 2. The van der Waals surface area contributed by atoms with Crippen LogP contribution in [0.2, 0.25) is 5.02 Å². The van der Waals surface area contributed by atoms with E-state index in [4.69, 9.17) is 16.3 Å². The zero-order valence-corrected chi connectivity index (χ0v) is 10.2. The summed E-state index contributed by atoms with van der Waals surface area (Å²) in [4.78, 5) is 0. The highest BCUT2D eigenvalue weighted by Gasteiger charge is 2.34. The van der Waals surface area contributed by atoms with Crippen LogP contribution in [0, 0.1) is 5.92 Å². The Hall–Kier alpha value is -0.730. The van der Waals surface area contributed by atoms with Gasteiger partial charge in [0.05, 0.1) is 12.1 Å². The van der Waals surface area contributed by atoms with Crippen molar-refractivity contribution in [3.05, 3.63) is 28.3 Å². The molecule has 2 nitrogen and oxygen atoms in total. The summed E-state index contributed by atoms with van der Waals surface area (Å²) >= 11 is 6.16. The van der Waals surface area contributed by atoms with Crippen LogP contribution in [-0.2, 0) is 6.42 Å². The van der Waals surface area contributed by atoms with E-state index in [0.717, 1.165) is 29.7 Å². The third-order valence-electron chi connectivity index (χ3n) is 3.82. The Balaban J connectivity index is 2.02. The number of ether oxygens (including phenoxy) is 1. The lowest BCUT2D eigenvalue weighted by atomic mass is 9.92. The Kier molecular flexibility index (Phi) is 2.56. The van der Waals surface area contributed by atoms with Gasteiger partial charge in [0.15, 0.2) is 0 Å². The Bertz CT molecular complexity index is 419. The highest BCUT2D eigenvalue weighted by molar-refractivity contribution is 6.32. The number of rotatable bonds is 1. The van der Waals surface area contributed by atoms with Crippen molar-refractivity contribution in [1.29, 1.82) is 0 Å². The molecule has 2 unspecified atom stereocenters. The first kappa shape index (κ1) is 10.4. The molecule has 0 saturated carbocycles. The van der Waals surface area contributed by atoms with Gasteiger partial charge in [0.25, 0.3) is 0 Å². The molecular formula is C13H16ClNO. The summed E-state index contributed by atoms with van der Waals surface area (Å²) in [5.74, 6) is 1.56. The fraction of sp³-hybridized carbons (Fsp3) is 0.538. The lowest BCUT2D eigenvalue weighted by Gasteiger charge is -2.27. The maximum atomic E-state index is 6.16. The highest BCUT2D eigenvalue weighted by atomic mass is 35.5. The van der Waals surface area contributed by atoms with Gasteiger partial charge >= 0.3 is 0 Å². The van der Waals surface area contributed by atoms with Gasteiger partial charge in [-0.2, -0.15) is 0 Å². The van der Waals surface area contributed by atoms with E-state index >= 15 is 0 Å². The fourth-order valence-electron chi connectivity index (χ4n) is 3.05. The monoisotopic (exact) mass is 237 g/mol. The van der Waals surface area contributed by atoms with Gasteiger partial charge in [-0.05, 0) is 55.0 Å². The van der Waals surface area contributed by atoms with E-state index in [1.807, 2.05) is 0 Å². The minimum Gasteiger partial charge on any atom is -0.495 e. The van der Waals surface area contributed by atoms with Crippen molar-refractivity contribution in [3.63, 3.8) is 0 Å². The Morgan fingerprint density at radius 1 is 1.44 bits per heavy atom. The molecule has 1 fully saturated rings. The molecule has 16 heavy (non-hydrogen) atoms. The summed E-state index contributed by atoms with van der Waals surface area (Å²) in [5.41, 5.74) is 2.79. The van der Waals surface area contributed by atoms with Gasteiger partial charge in [0, 0.05) is 6.04 Å².